The zero-order chi connectivity index (χ0) is 16.2. The third-order valence-electron chi connectivity index (χ3n) is 3.96. The molecular weight excluding hydrogens is 290 g/mol. The number of benzene rings is 2. The molecule has 0 aromatic heterocycles. The Morgan fingerprint density at radius 1 is 1.04 bits per heavy atom. The molecule has 2 aromatic carbocycles. The Morgan fingerprint density at radius 3 is 2.26 bits per heavy atom. The van der Waals surface area contributed by atoms with Crippen molar-refractivity contribution in [3.63, 3.8) is 0 Å². The van der Waals surface area contributed by atoms with Gasteiger partial charge in [-0.3, -0.25) is 9.69 Å². The van der Waals surface area contributed by atoms with E-state index in [2.05, 4.69) is 0 Å². The third-order valence-corrected chi connectivity index (χ3v) is 3.96. The molecule has 0 saturated carbocycles. The fraction of sp³-hybridized carbons (Fsp3) is 0.316. The number of ether oxygens (including phenoxy) is 2. The first-order chi connectivity index (χ1) is 11.2. The molecule has 3 rings (SSSR count). The van der Waals surface area contributed by atoms with Crippen LogP contribution in [-0.4, -0.2) is 24.9 Å². The monoisotopic (exact) mass is 311 g/mol. The molecule has 1 amide bonds. The molecule has 1 heterocycles. The van der Waals surface area contributed by atoms with E-state index in [9.17, 15) is 4.79 Å². The molecule has 4 heteroatoms. The van der Waals surface area contributed by atoms with Crippen LogP contribution < -0.4 is 4.90 Å². The van der Waals surface area contributed by atoms with Gasteiger partial charge in [0.25, 0.3) is 5.91 Å². The first-order valence-corrected chi connectivity index (χ1v) is 7.92. The highest BCUT2D eigenvalue weighted by Gasteiger charge is 2.50. The smallest absolute Gasteiger partial charge is 0.259 e. The number of carbonyl (C=O) groups is 1. The number of rotatable bonds is 6. The first kappa shape index (κ1) is 15.7. The van der Waals surface area contributed by atoms with E-state index in [1.54, 1.807) is 4.90 Å². The van der Waals surface area contributed by atoms with Gasteiger partial charge in [-0.2, -0.15) is 0 Å². The van der Waals surface area contributed by atoms with Gasteiger partial charge in [-0.1, -0.05) is 48.5 Å². The van der Waals surface area contributed by atoms with Crippen molar-refractivity contribution in [2.75, 3.05) is 11.5 Å². The van der Waals surface area contributed by atoms with Gasteiger partial charge in [0.2, 0.25) is 0 Å². The lowest BCUT2D eigenvalue weighted by Crippen LogP contribution is -2.61. The Hall–Kier alpha value is -2.17. The molecule has 1 unspecified atom stereocenters. The maximum atomic E-state index is 12.6. The molecule has 0 N–H and O–H groups in total. The van der Waals surface area contributed by atoms with Crippen LogP contribution in [0.5, 0.6) is 0 Å². The standard InChI is InChI=1S/C19H21NO3/c1-3-22-14(2)23-18-17(15-10-6-4-7-11-15)20(19(18)21)16-12-8-5-9-13-16/h4-14,17-18H,3H2,1-2H3/t14?,17-,18+/m1/s1. The molecule has 1 fully saturated rings. The van der Waals surface area contributed by atoms with Crippen LogP contribution in [-0.2, 0) is 14.3 Å². The van der Waals surface area contributed by atoms with Gasteiger partial charge in [0.1, 0.15) is 0 Å². The molecule has 4 nitrogen and oxygen atoms in total. The molecule has 23 heavy (non-hydrogen) atoms. The summed E-state index contributed by atoms with van der Waals surface area (Å²) in [6.45, 7) is 4.29. The molecule has 120 valence electrons. The van der Waals surface area contributed by atoms with E-state index in [-0.39, 0.29) is 11.9 Å². The maximum Gasteiger partial charge on any atom is 0.259 e. The van der Waals surface area contributed by atoms with E-state index < -0.39 is 12.4 Å². The minimum atomic E-state index is -0.515. The highest BCUT2D eigenvalue weighted by Crippen LogP contribution is 2.41. The lowest BCUT2D eigenvalue weighted by atomic mass is 9.89. The molecule has 0 aliphatic carbocycles. The molecule has 3 atom stereocenters. The summed E-state index contributed by atoms with van der Waals surface area (Å²) in [6.07, 6.45) is -0.919. The van der Waals surface area contributed by atoms with E-state index >= 15 is 0 Å². The van der Waals surface area contributed by atoms with Crippen molar-refractivity contribution >= 4 is 11.6 Å². The van der Waals surface area contributed by atoms with Gasteiger partial charge in [-0.15, -0.1) is 0 Å². The van der Waals surface area contributed by atoms with Gasteiger partial charge < -0.3 is 9.47 Å². The quantitative estimate of drug-likeness (QED) is 0.605. The van der Waals surface area contributed by atoms with E-state index in [0.29, 0.717) is 6.61 Å². The predicted molar refractivity (Wildman–Crippen MR) is 89.1 cm³/mol. The number of hydrogen-bond acceptors (Lipinski definition) is 3. The number of carbonyl (C=O) groups excluding carboxylic acids is 1. The summed E-state index contributed by atoms with van der Waals surface area (Å²) in [5.74, 6) is -0.0309. The van der Waals surface area contributed by atoms with Crippen molar-refractivity contribution in [1.82, 2.24) is 0 Å². The first-order valence-electron chi connectivity index (χ1n) is 7.92. The summed E-state index contributed by atoms with van der Waals surface area (Å²) in [7, 11) is 0. The van der Waals surface area contributed by atoms with Gasteiger partial charge in [0, 0.05) is 12.3 Å². The van der Waals surface area contributed by atoms with Crippen LogP contribution in [0, 0.1) is 0 Å². The van der Waals surface area contributed by atoms with Crippen LogP contribution in [0.15, 0.2) is 60.7 Å². The zero-order valence-corrected chi connectivity index (χ0v) is 13.4. The summed E-state index contributed by atoms with van der Waals surface area (Å²) < 4.78 is 11.3. The van der Waals surface area contributed by atoms with E-state index in [4.69, 9.17) is 9.47 Å². The van der Waals surface area contributed by atoms with Crippen LogP contribution in [0.4, 0.5) is 5.69 Å². The van der Waals surface area contributed by atoms with Crippen molar-refractivity contribution in [3.8, 4) is 0 Å². The third kappa shape index (κ3) is 3.14. The fourth-order valence-electron chi connectivity index (χ4n) is 2.93. The van der Waals surface area contributed by atoms with Crippen molar-refractivity contribution in [1.29, 1.82) is 0 Å². The second-order valence-electron chi connectivity index (χ2n) is 5.48. The number of nitrogens with zero attached hydrogens (tertiary/aromatic N) is 1. The molecular formula is C19H21NO3. The van der Waals surface area contributed by atoms with Crippen molar-refractivity contribution < 1.29 is 14.3 Å². The molecule has 1 aliphatic heterocycles. The topological polar surface area (TPSA) is 38.8 Å². The average Bonchev–Trinajstić information content (AvgIpc) is 2.59. The molecule has 0 radical (unpaired) electrons. The molecule has 0 spiro atoms. The SMILES string of the molecule is CCOC(C)O[C@@H]1C(=O)N(c2ccccc2)[C@@H]1c1ccccc1. The summed E-state index contributed by atoms with van der Waals surface area (Å²) >= 11 is 0. The van der Waals surface area contributed by atoms with Crippen LogP contribution >= 0.6 is 0 Å². The van der Waals surface area contributed by atoms with Crippen molar-refractivity contribution in [2.45, 2.75) is 32.3 Å². The van der Waals surface area contributed by atoms with Gasteiger partial charge in [0.05, 0.1) is 6.04 Å². The second kappa shape index (κ2) is 6.94. The van der Waals surface area contributed by atoms with Crippen molar-refractivity contribution in [3.05, 3.63) is 66.2 Å². The zero-order valence-electron chi connectivity index (χ0n) is 13.4. The van der Waals surface area contributed by atoms with Crippen molar-refractivity contribution in [2.24, 2.45) is 0 Å². The second-order valence-corrected chi connectivity index (χ2v) is 5.48. The van der Waals surface area contributed by atoms with Gasteiger partial charge in [-0.25, -0.2) is 0 Å². The maximum absolute atomic E-state index is 12.6. The Bertz CT molecular complexity index is 644. The summed E-state index contributed by atoms with van der Waals surface area (Å²) in [5, 5.41) is 0. The van der Waals surface area contributed by atoms with E-state index in [0.717, 1.165) is 11.3 Å². The highest BCUT2D eigenvalue weighted by molar-refractivity contribution is 6.05. The highest BCUT2D eigenvalue weighted by atomic mass is 16.7. The number of para-hydroxylation sites is 1. The molecule has 2 aromatic rings. The van der Waals surface area contributed by atoms with Crippen LogP contribution in [0.2, 0.25) is 0 Å². The predicted octanol–water partition coefficient (Wildman–Crippen LogP) is 3.54. The number of anilines is 1. The Balaban J connectivity index is 1.87. The van der Waals surface area contributed by atoms with Gasteiger partial charge >= 0.3 is 0 Å². The minimum Gasteiger partial charge on any atom is -0.353 e. The van der Waals surface area contributed by atoms with E-state index in [1.807, 2.05) is 74.5 Å². The minimum absolute atomic E-state index is 0.0309. The summed E-state index contributed by atoms with van der Waals surface area (Å²) in [6, 6.07) is 19.5. The number of β-lactam (4-membered cyclic amide) rings is 1. The van der Waals surface area contributed by atoms with Crippen LogP contribution in [0.25, 0.3) is 0 Å². The van der Waals surface area contributed by atoms with Gasteiger partial charge in [0.15, 0.2) is 12.4 Å². The Labute approximate surface area is 136 Å². The lowest BCUT2D eigenvalue weighted by Gasteiger charge is -2.47. The number of hydrogen-bond donors (Lipinski definition) is 0. The lowest BCUT2D eigenvalue weighted by molar-refractivity contribution is -0.186. The molecule has 1 saturated heterocycles. The largest absolute Gasteiger partial charge is 0.353 e. The Morgan fingerprint density at radius 2 is 1.65 bits per heavy atom. The average molecular weight is 311 g/mol. The van der Waals surface area contributed by atoms with Gasteiger partial charge in [-0.05, 0) is 31.5 Å². The molecule has 1 aliphatic rings. The van der Waals surface area contributed by atoms with Crippen LogP contribution in [0.3, 0.4) is 0 Å². The fourth-order valence-corrected chi connectivity index (χ4v) is 2.93. The normalized spacial score (nSPS) is 21.8. The van der Waals surface area contributed by atoms with Crippen LogP contribution in [0.1, 0.15) is 25.5 Å². The number of amides is 1. The molecule has 0 bridgehead atoms. The summed E-state index contributed by atoms with van der Waals surface area (Å²) in [4.78, 5) is 14.4. The van der Waals surface area contributed by atoms with E-state index in [1.165, 1.54) is 0 Å². The summed E-state index contributed by atoms with van der Waals surface area (Å²) in [5.41, 5.74) is 1.94. The Kier molecular flexibility index (Phi) is 4.74.